The largest absolute Gasteiger partial charge is 0.461 e. The van der Waals surface area contributed by atoms with Crippen molar-refractivity contribution in [2.45, 2.75) is 25.6 Å². The number of hydrogen-bond donors (Lipinski definition) is 1. The van der Waals surface area contributed by atoms with Crippen LogP contribution in [0.3, 0.4) is 0 Å². The van der Waals surface area contributed by atoms with Crippen molar-refractivity contribution < 1.29 is 14.2 Å². The van der Waals surface area contributed by atoms with Crippen LogP contribution in [0.2, 0.25) is 0 Å². The van der Waals surface area contributed by atoms with Gasteiger partial charge in [-0.3, -0.25) is 0 Å². The van der Waals surface area contributed by atoms with Crippen LogP contribution in [-0.2, 0) is 9.47 Å². The first-order chi connectivity index (χ1) is 8.34. The molecule has 2 N–H and O–H groups in total. The third kappa shape index (κ3) is 4.16. The summed E-state index contributed by atoms with van der Waals surface area (Å²) in [6.07, 6.45) is 4.70. The molecule has 1 aromatic heterocycles. The summed E-state index contributed by atoms with van der Waals surface area (Å²) in [6, 6.07) is 1.89. The predicted octanol–water partition coefficient (Wildman–Crippen LogP) is 0.981. The molecule has 2 heterocycles. The molecule has 6 nitrogen and oxygen atoms in total. The zero-order chi connectivity index (χ0) is 11.9. The average molecular weight is 239 g/mol. The van der Waals surface area contributed by atoms with Gasteiger partial charge in [0, 0.05) is 12.8 Å². The van der Waals surface area contributed by atoms with Gasteiger partial charge in [-0.2, -0.15) is 4.98 Å². The molecule has 2 rings (SSSR count). The van der Waals surface area contributed by atoms with E-state index < -0.39 is 0 Å². The second-order valence-electron chi connectivity index (χ2n) is 3.78. The third-order valence-electron chi connectivity index (χ3n) is 2.41. The number of anilines is 1. The van der Waals surface area contributed by atoms with E-state index in [1.165, 1.54) is 0 Å². The first kappa shape index (κ1) is 12.1. The molecule has 1 saturated heterocycles. The minimum Gasteiger partial charge on any atom is -0.461 e. The zero-order valence-corrected chi connectivity index (χ0v) is 9.67. The first-order valence-electron chi connectivity index (χ1n) is 5.79. The molecule has 0 amide bonds. The molecule has 1 unspecified atom stereocenters. The highest BCUT2D eigenvalue weighted by atomic mass is 16.7. The molecule has 1 fully saturated rings. The van der Waals surface area contributed by atoms with E-state index in [-0.39, 0.29) is 12.3 Å². The van der Waals surface area contributed by atoms with Crippen molar-refractivity contribution in [1.29, 1.82) is 0 Å². The maximum atomic E-state index is 5.50. The molecule has 17 heavy (non-hydrogen) atoms. The van der Waals surface area contributed by atoms with Crippen LogP contribution in [0.15, 0.2) is 12.3 Å². The number of nitrogens with zero attached hydrogens (tertiary/aromatic N) is 2. The van der Waals surface area contributed by atoms with Crippen LogP contribution in [0.4, 0.5) is 5.82 Å². The Kier molecular flexibility index (Phi) is 4.52. The van der Waals surface area contributed by atoms with E-state index in [4.69, 9.17) is 19.9 Å². The zero-order valence-electron chi connectivity index (χ0n) is 9.67. The van der Waals surface area contributed by atoms with Crippen molar-refractivity contribution in [2.24, 2.45) is 0 Å². The number of aromatic nitrogens is 2. The standard InChI is InChI=1S/C11H17N3O3/c12-9-4-5-13-11(14-9)17-8-7-16-10-3-1-2-6-15-10/h4-5,10H,1-3,6-8H2,(H2,12,13,14). The quantitative estimate of drug-likeness (QED) is 0.771. The van der Waals surface area contributed by atoms with Crippen LogP contribution in [0.25, 0.3) is 0 Å². The molecule has 0 radical (unpaired) electrons. The number of hydrogen-bond acceptors (Lipinski definition) is 6. The molecular weight excluding hydrogens is 222 g/mol. The summed E-state index contributed by atoms with van der Waals surface area (Å²) in [5, 5.41) is 0. The molecular formula is C11H17N3O3. The lowest BCUT2D eigenvalue weighted by atomic mass is 10.2. The van der Waals surface area contributed by atoms with Crippen molar-refractivity contribution in [3.8, 4) is 6.01 Å². The Morgan fingerprint density at radius 2 is 2.35 bits per heavy atom. The van der Waals surface area contributed by atoms with E-state index in [1.807, 2.05) is 0 Å². The van der Waals surface area contributed by atoms with Gasteiger partial charge >= 0.3 is 6.01 Å². The Hall–Kier alpha value is -1.40. The van der Waals surface area contributed by atoms with Crippen molar-refractivity contribution in [3.05, 3.63) is 12.3 Å². The van der Waals surface area contributed by atoms with Crippen molar-refractivity contribution in [2.75, 3.05) is 25.6 Å². The summed E-state index contributed by atoms with van der Waals surface area (Å²) in [6.45, 7) is 1.63. The van der Waals surface area contributed by atoms with Gasteiger partial charge in [-0.05, 0) is 25.3 Å². The summed E-state index contributed by atoms with van der Waals surface area (Å²) in [5.41, 5.74) is 5.50. The minimum absolute atomic E-state index is 0.0888. The van der Waals surface area contributed by atoms with E-state index in [9.17, 15) is 0 Å². The van der Waals surface area contributed by atoms with Gasteiger partial charge in [0.15, 0.2) is 6.29 Å². The summed E-state index contributed by atoms with van der Waals surface area (Å²) < 4.78 is 16.2. The highest BCUT2D eigenvalue weighted by Gasteiger charge is 2.13. The Labute approximate surface area is 100 Å². The fourth-order valence-corrected chi connectivity index (χ4v) is 1.58. The van der Waals surface area contributed by atoms with Gasteiger partial charge in [0.05, 0.1) is 6.61 Å². The molecule has 94 valence electrons. The van der Waals surface area contributed by atoms with E-state index in [0.29, 0.717) is 19.0 Å². The van der Waals surface area contributed by atoms with Gasteiger partial charge in [0.25, 0.3) is 0 Å². The number of nitrogens with two attached hydrogens (primary N) is 1. The van der Waals surface area contributed by atoms with E-state index in [0.717, 1.165) is 25.9 Å². The third-order valence-corrected chi connectivity index (χ3v) is 2.41. The van der Waals surface area contributed by atoms with E-state index >= 15 is 0 Å². The smallest absolute Gasteiger partial charge is 0.318 e. The Balaban J connectivity index is 1.62. The van der Waals surface area contributed by atoms with E-state index in [1.54, 1.807) is 12.3 Å². The lowest BCUT2D eigenvalue weighted by Gasteiger charge is -2.22. The second kappa shape index (κ2) is 6.36. The molecule has 1 atom stereocenters. The van der Waals surface area contributed by atoms with Gasteiger partial charge in [-0.1, -0.05) is 0 Å². The lowest BCUT2D eigenvalue weighted by molar-refractivity contribution is -0.165. The molecule has 6 heteroatoms. The SMILES string of the molecule is Nc1ccnc(OCCOC2CCCCO2)n1. The first-order valence-corrected chi connectivity index (χ1v) is 5.79. The monoisotopic (exact) mass is 239 g/mol. The summed E-state index contributed by atoms with van der Waals surface area (Å²) in [5.74, 6) is 0.395. The maximum Gasteiger partial charge on any atom is 0.318 e. The predicted molar refractivity (Wildman–Crippen MR) is 61.5 cm³/mol. The van der Waals surface area contributed by atoms with Crippen molar-refractivity contribution in [1.82, 2.24) is 9.97 Å². The lowest BCUT2D eigenvalue weighted by Crippen LogP contribution is -2.24. The Bertz CT molecular complexity index is 342. The average Bonchev–Trinajstić information content (AvgIpc) is 2.36. The number of ether oxygens (including phenoxy) is 3. The van der Waals surface area contributed by atoms with Crippen LogP contribution < -0.4 is 10.5 Å². The van der Waals surface area contributed by atoms with Gasteiger partial charge in [0.1, 0.15) is 12.4 Å². The topological polar surface area (TPSA) is 79.5 Å². The molecule has 1 aromatic rings. The molecule has 1 aliphatic rings. The normalized spacial score (nSPS) is 20.1. The fraction of sp³-hybridized carbons (Fsp3) is 0.636. The van der Waals surface area contributed by atoms with Crippen LogP contribution in [-0.4, -0.2) is 36.1 Å². The Morgan fingerprint density at radius 3 is 3.12 bits per heavy atom. The van der Waals surface area contributed by atoms with Gasteiger partial charge in [-0.25, -0.2) is 4.98 Å². The second-order valence-corrected chi connectivity index (χ2v) is 3.78. The highest BCUT2D eigenvalue weighted by Crippen LogP contribution is 2.13. The van der Waals surface area contributed by atoms with Crippen LogP contribution >= 0.6 is 0 Å². The molecule has 0 saturated carbocycles. The van der Waals surface area contributed by atoms with Gasteiger partial charge in [0.2, 0.25) is 0 Å². The van der Waals surface area contributed by atoms with Crippen LogP contribution in [0.1, 0.15) is 19.3 Å². The van der Waals surface area contributed by atoms with Gasteiger partial charge < -0.3 is 19.9 Å². The van der Waals surface area contributed by atoms with E-state index in [2.05, 4.69) is 9.97 Å². The maximum absolute atomic E-state index is 5.50. The summed E-state index contributed by atoms with van der Waals surface area (Å²) in [4.78, 5) is 7.84. The molecule has 1 aliphatic heterocycles. The fourth-order valence-electron chi connectivity index (χ4n) is 1.58. The summed E-state index contributed by atoms with van der Waals surface area (Å²) in [7, 11) is 0. The number of rotatable bonds is 5. The molecule has 0 aromatic carbocycles. The van der Waals surface area contributed by atoms with Crippen LogP contribution in [0.5, 0.6) is 6.01 Å². The molecule has 0 bridgehead atoms. The minimum atomic E-state index is -0.0888. The summed E-state index contributed by atoms with van der Waals surface area (Å²) >= 11 is 0. The van der Waals surface area contributed by atoms with Crippen molar-refractivity contribution in [3.63, 3.8) is 0 Å². The Morgan fingerprint density at radius 1 is 1.41 bits per heavy atom. The number of nitrogen functional groups attached to an aromatic ring is 1. The van der Waals surface area contributed by atoms with Crippen molar-refractivity contribution >= 4 is 5.82 Å². The molecule has 0 spiro atoms. The van der Waals surface area contributed by atoms with Crippen LogP contribution in [0, 0.1) is 0 Å². The van der Waals surface area contributed by atoms with Gasteiger partial charge in [-0.15, -0.1) is 0 Å². The highest BCUT2D eigenvalue weighted by molar-refractivity contribution is 5.26. The molecule has 0 aliphatic carbocycles.